The standard InChI is InChI=1S/C12H20N2O4/c1-9(15)5-11(17)7-13-3-4-14-8-12(18)6-10(2)16/h13-14H,3-8H2,1-2H3. The summed E-state index contributed by atoms with van der Waals surface area (Å²) in [6.07, 6.45) is -0.0882. The molecule has 0 aromatic heterocycles. The molecular weight excluding hydrogens is 236 g/mol. The van der Waals surface area contributed by atoms with E-state index in [9.17, 15) is 19.2 Å². The van der Waals surface area contributed by atoms with Crippen LogP contribution in [0, 0.1) is 0 Å². The third-order valence-electron chi connectivity index (χ3n) is 2.02. The van der Waals surface area contributed by atoms with Crippen LogP contribution >= 0.6 is 0 Å². The molecule has 0 rings (SSSR count). The third-order valence-corrected chi connectivity index (χ3v) is 2.02. The Hall–Kier alpha value is -1.40. The lowest BCUT2D eigenvalue weighted by Gasteiger charge is -2.05. The molecule has 0 aliphatic carbocycles. The Balaban J connectivity index is 3.41. The van der Waals surface area contributed by atoms with Gasteiger partial charge >= 0.3 is 0 Å². The fourth-order valence-corrected chi connectivity index (χ4v) is 1.31. The van der Waals surface area contributed by atoms with Gasteiger partial charge in [0.25, 0.3) is 0 Å². The molecule has 0 radical (unpaired) electrons. The molecule has 0 aliphatic rings. The van der Waals surface area contributed by atoms with E-state index in [2.05, 4.69) is 10.6 Å². The second-order valence-corrected chi connectivity index (χ2v) is 4.19. The number of carbonyl (C=O) groups excluding carboxylic acids is 4. The zero-order chi connectivity index (χ0) is 14.0. The van der Waals surface area contributed by atoms with Crippen LogP contribution in [0.1, 0.15) is 26.7 Å². The van der Waals surface area contributed by atoms with Crippen LogP contribution < -0.4 is 10.6 Å². The first kappa shape index (κ1) is 16.6. The molecule has 102 valence electrons. The van der Waals surface area contributed by atoms with E-state index < -0.39 is 0 Å². The van der Waals surface area contributed by atoms with E-state index in [0.29, 0.717) is 13.1 Å². The zero-order valence-corrected chi connectivity index (χ0v) is 10.9. The van der Waals surface area contributed by atoms with Gasteiger partial charge in [-0.05, 0) is 13.8 Å². The van der Waals surface area contributed by atoms with Crippen molar-refractivity contribution >= 4 is 23.1 Å². The molecule has 18 heavy (non-hydrogen) atoms. The summed E-state index contributed by atoms with van der Waals surface area (Å²) in [5, 5.41) is 5.73. The fraction of sp³-hybridized carbons (Fsp3) is 0.667. The molecule has 0 spiro atoms. The second-order valence-electron chi connectivity index (χ2n) is 4.19. The van der Waals surface area contributed by atoms with Crippen LogP contribution in [0.25, 0.3) is 0 Å². The number of nitrogens with one attached hydrogen (secondary N) is 2. The lowest BCUT2D eigenvalue weighted by atomic mass is 10.2. The number of hydrogen-bond donors (Lipinski definition) is 2. The van der Waals surface area contributed by atoms with Gasteiger partial charge in [0.2, 0.25) is 0 Å². The third kappa shape index (κ3) is 11.1. The maximum absolute atomic E-state index is 11.1. The van der Waals surface area contributed by atoms with Gasteiger partial charge in [0, 0.05) is 13.1 Å². The van der Waals surface area contributed by atoms with Crippen molar-refractivity contribution in [1.29, 1.82) is 0 Å². The predicted molar refractivity (Wildman–Crippen MR) is 66.3 cm³/mol. The largest absolute Gasteiger partial charge is 0.309 e. The van der Waals surface area contributed by atoms with E-state index in [4.69, 9.17) is 0 Å². The van der Waals surface area contributed by atoms with Crippen molar-refractivity contribution in [2.75, 3.05) is 26.2 Å². The quantitative estimate of drug-likeness (QED) is 0.374. The average Bonchev–Trinajstić information content (AvgIpc) is 2.20. The molecule has 2 N–H and O–H groups in total. The van der Waals surface area contributed by atoms with Gasteiger partial charge in [-0.3, -0.25) is 19.2 Å². The van der Waals surface area contributed by atoms with E-state index in [1.54, 1.807) is 0 Å². The molecule has 6 heteroatoms. The highest BCUT2D eigenvalue weighted by Crippen LogP contribution is 1.84. The zero-order valence-electron chi connectivity index (χ0n) is 10.9. The molecule has 0 saturated heterocycles. The van der Waals surface area contributed by atoms with Crippen LogP contribution in [0.2, 0.25) is 0 Å². The van der Waals surface area contributed by atoms with Crippen LogP contribution in [0.3, 0.4) is 0 Å². The Morgan fingerprint density at radius 1 is 0.722 bits per heavy atom. The smallest absolute Gasteiger partial charge is 0.153 e. The lowest BCUT2D eigenvalue weighted by molar-refractivity contribution is -0.127. The molecule has 0 fully saturated rings. The first-order chi connectivity index (χ1) is 8.41. The van der Waals surface area contributed by atoms with Crippen molar-refractivity contribution in [2.24, 2.45) is 0 Å². The first-order valence-electron chi connectivity index (χ1n) is 5.85. The van der Waals surface area contributed by atoms with Crippen molar-refractivity contribution in [3.63, 3.8) is 0 Å². The minimum absolute atomic E-state index is 0.0441. The van der Waals surface area contributed by atoms with Gasteiger partial charge in [-0.1, -0.05) is 0 Å². The lowest BCUT2D eigenvalue weighted by Crippen LogP contribution is -2.34. The Bertz CT molecular complexity index is 294. The molecule has 0 saturated carbocycles. The SMILES string of the molecule is CC(=O)CC(=O)CNCCNCC(=O)CC(C)=O. The second kappa shape index (κ2) is 9.61. The van der Waals surface area contributed by atoms with E-state index in [0.717, 1.165) is 0 Å². The van der Waals surface area contributed by atoms with E-state index >= 15 is 0 Å². The number of rotatable bonds is 11. The van der Waals surface area contributed by atoms with Gasteiger partial charge in [-0.25, -0.2) is 0 Å². The van der Waals surface area contributed by atoms with Gasteiger partial charge in [-0.15, -0.1) is 0 Å². The van der Waals surface area contributed by atoms with Gasteiger partial charge in [0.15, 0.2) is 11.6 Å². The number of ketones is 4. The number of Topliss-reactive ketones (excluding diaryl/α,β-unsaturated/α-hetero) is 4. The number of hydrogen-bond acceptors (Lipinski definition) is 6. The van der Waals surface area contributed by atoms with Gasteiger partial charge in [-0.2, -0.15) is 0 Å². The monoisotopic (exact) mass is 256 g/mol. The minimum Gasteiger partial charge on any atom is -0.309 e. The summed E-state index contributed by atoms with van der Waals surface area (Å²) in [6.45, 7) is 4.11. The van der Waals surface area contributed by atoms with Crippen LogP contribution in [-0.2, 0) is 19.2 Å². The molecule has 0 atom stereocenters. The fourth-order valence-electron chi connectivity index (χ4n) is 1.31. The summed E-state index contributed by atoms with van der Waals surface area (Å²) < 4.78 is 0. The molecule has 0 aromatic carbocycles. The summed E-state index contributed by atoms with van der Waals surface area (Å²) in [6, 6.07) is 0. The van der Waals surface area contributed by atoms with Crippen molar-refractivity contribution < 1.29 is 19.2 Å². The molecule has 0 heterocycles. The maximum Gasteiger partial charge on any atom is 0.153 e. The van der Waals surface area contributed by atoms with Crippen LogP contribution in [0.4, 0.5) is 0 Å². The van der Waals surface area contributed by atoms with Crippen molar-refractivity contribution in [1.82, 2.24) is 10.6 Å². The van der Waals surface area contributed by atoms with Crippen molar-refractivity contribution in [3.8, 4) is 0 Å². The molecular formula is C12H20N2O4. The Labute approximate surface area is 106 Å². The van der Waals surface area contributed by atoms with Gasteiger partial charge in [0.05, 0.1) is 25.9 Å². The molecule has 0 amide bonds. The van der Waals surface area contributed by atoms with Crippen LogP contribution in [0.5, 0.6) is 0 Å². The van der Waals surface area contributed by atoms with Gasteiger partial charge in [0.1, 0.15) is 11.6 Å². The molecule has 6 nitrogen and oxygen atoms in total. The summed E-state index contributed by atoms with van der Waals surface area (Å²) in [4.78, 5) is 43.5. The Morgan fingerprint density at radius 3 is 1.33 bits per heavy atom. The van der Waals surface area contributed by atoms with Crippen LogP contribution in [0.15, 0.2) is 0 Å². The molecule has 0 aromatic rings. The van der Waals surface area contributed by atoms with E-state index in [1.165, 1.54) is 13.8 Å². The Morgan fingerprint density at radius 2 is 1.06 bits per heavy atom. The molecule has 0 unspecified atom stereocenters. The average molecular weight is 256 g/mol. The van der Waals surface area contributed by atoms with Gasteiger partial charge < -0.3 is 10.6 Å². The topological polar surface area (TPSA) is 92.3 Å². The summed E-state index contributed by atoms with van der Waals surface area (Å²) in [5.41, 5.74) is 0. The highest BCUT2D eigenvalue weighted by molar-refractivity contribution is 5.99. The predicted octanol–water partition coefficient (Wildman–Crippen LogP) is -0.738. The first-order valence-corrected chi connectivity index (χ1v) is 5.85. The summed E-state index contributed by atoms with van der Waals surface area (Å²) in [7, 11) is 0. The highest BCUT2D eigenvalue weighted by Gasteiger charge is 2.05. The maximum atomic E-state index is 11.1. The molecule has 0 bridgehead atoms. The van der Waals surface area contributed by atoms with E-state index in [-0.39, 0.29) is 49.1 Å². The van der Waals surface area contributed by atoms with Crippen molar-refractivity contribution in [3.05, 3.63) is 0 Å². The normalized spacial score (nSPS) is 10.1. The summed E-state index contributed by atoms with van der Waals surface area (Å²) >= 11 is 0. The number of carbonyl (C=O) groups is 4. The highest BCUT2D eigenvalue weighted by atomic mass is 16.2. The van der Waals surface area contributed by atoms with E-state index in [1.807, 2.05) is 0 Å². The van der Waals surface area contributed by atoms with Crippen molar-refractivity contribution in [2.45, 2.75) is 26.7 Å². The molecule has 0 aliphatic heterocycles. The van der Waals surface area contributed by atoms with Crippen LogP contribution in [-0.4, -0.2) is 49.3 Å². The minimum atomic E-state index is -0.144. The summed E-state index contributed by atoms with van der Waals surface area (Å²) in [5.74, 6) is -0.574. The Kier molecular flexibility index (Phi) is 8.86.